The number of pyridine rings is 1. The molecule has 4 aromatic rings. The lowest BCUT2D eigenvalue weighted by Crippen LogP contribution is -2.36. The molecule has 0 unspecified atom stereocenters. The van der Waals surface area contributed by atoms with Crippen LogP contribution < -0.4 is 10.2 Å². The molecule has 0 bridgehead atoms. The van der Waals surface area contributed by atoms with E-state index in [2.05, 4.69) is 15.3 Å². The first kappa shape index (κ1) is 19.7. The summed E-state index contributed by atoms with van der Waals surface area (Å²) in [5.41, 5.74) is 3.97. The Bertz CT molecular complexity index is 1190. The van der Waals surface area contributed by atoms with E-state index in [1.165, 1.54) is 0 Å². The lowest BCUT2D eigenvalue weighted by atomic mass is 10.1. The van der Waals surface area contributed by atoms with Crippen LogP contribution in [0, 0.1) is 0 Å². The number of nitrogens with one attached hydrogen (secondary N) is 1. The Hall–Kier alpha value is -3.23. The summed E-state index contributed by atoms with van der Waals surface area (Å²) in [4.78, 5) is 21.3. The first-order chi connectivity index (χ1) is 15.2. The van der Waals surface area contributed by atoms with Crippen molar-refractivity contribution in [3.8, 4) is 10.6 Å². The summed E-state index contributed by atoms with van der Waals surface area (Å²) in [7, 11) is 0. The fourth-order valence-corrected chi connectivity index (χ4v) is 4.48. The van der Waals surface area contributed by atoms with Crippen LogP contribution in [0.1, 0.15) is 17.3 Å². The molecular formula is C23H23N5O2S. The van der Waals surface area contributed by atoms with E-state index in [0.29, 0.717) is 12.1 Å². The smallest absolute Gasteiger partial charge is 0.256 e. The van der Waals surface area contributed by atoms with E-state index in [4.69, 9.17) is 9.72 Å². The zero-order valence-electron chi connectivity index (χ0n) is 17.2. The Kier molecular flexibility index (Phi) is 5.40. The third-order valence-electron chi connectivity index (χ3n) is 5.43. The van der Waals surface area contributed by atoms with Crippen LogP contribution in [0.2, 0.25) is 0 Å². The number of morpholine rings is 1. The highest BCUT2D eigenvalue weighted by atomic mass is 32.1. The van der Waals surface area contributed by atoms with Crippen LogP contribution in [0.15, 0.2) is 54.0 Å². The predicted molar refractivity (Wildman–Crippen MR) is 124 cm³/mol. The van der Waals surface area contributed by atoms with Gasteiger partial charge in [0.15, 0.2) is 5.65 Å². The lowest BCUT2D eigenvalue weighted by Gasteiger charge is -2.28. The van der Waals surface area contributed by atoms with Crippen LogP contribution >= 0.6 is 11.3 Å². The quantitative estimate of drug-likeness (QED) is 0.509. The van der Waals surface area contributed by atoms with Crippen LogP contribution in [0.5, 0.6) is 0 Å². The van der Waals surface area contributed by atoms with E-state index in [1.807, 2.05) is 59.5 Å². The summed E-state index contributed by atoms with van der Waals surface area (Å²) in [6.07, 6.45) is 1.72. The highest BCUT2D eigenvalue weighted by molar-refractivity contribution is 7.13. The second kappa shape index (κ2) is 8.49. The van der Waals surface area contributed by atoms with Gasteiger partial charge in [-0.1, -0.05) is 6.07 Å². The lowest BCUT2D eigenvalue weighted by molar-refractivity contribution is 0.102. The van der Waals surface area contributed by atoms with Gasteiger partial charge in [-0.3, -0.25) is 4.79 Å². The second-order valence-corrected chi connectivity index (χ2v) is 8.28. The van der Waals surface area contributed by atoms with Crippen molar-refractivity contribution in [3.63, 3.8) is 0 Å². The van der Waals surface area contributed by atoms with Crippen molar-refractivity contribution in [1.82, 2.24) is 14.8 Å². The van der Waals surface area contributed by atoms with Gasteiger partial charge in [0.05, 0.1) is 40.9 Å². The monoisotopic (exact) mass is 433 g/mol. The largest absolute Gasteiger partial charge is 0.378 e. The number of carbonyl (C=O) groups excluding carboxylic acids is 1. The van der Waals surface area contributed by atoms with Crippen molar-refractivity contribution in [3.05, 3.63) is 59.6 Å². The molecule has 1 aromatic carbocycles. The molecule has 1 amide bonds. The molecule has 1 aliphatic heterocycles. The fourth-order valence-electron chi connectivity index (χ4n) is 3.79. The summed E-state index contributed by atoms with van der Waals surface area (Å²) in [6.45, 7) is 5.96. The summed E-state index contributed by atoms with van der Waals surface area (Å²) in [6, 6.07) is 13.8. The normalized spacial score (nSPS) is 14.2. The van der Waals surface area contributed by atoms with Gasteiger partial charge in [-0.05, 0) is 48.7 Å². The van der Waals surface area contributed by atoms with Crippen molar-refractivity contribution < 1.29 is 9.53 Å². The average molecular weight is 434 g/mol. The molecule has 7 nitrogen and oxygen atoms in total. The Morgan fingerprint density at radius 2 is 2.00 bits per heavy atom. The number of thiophene rings is 1. The molecule has 158 valence electrons. The van der Waals surface area contributed by atoms with Crippen LogP contribution in [0.3, 0.4) is 0 Å². The molecule has 1 saturated heterocycles. The number of nitrogens with zero attached hydrogens (tertiary/aromatic N) is 4. The van der Waals surface area contributed by atoms with Gasteiger partial charge in [0.2, 0.25) is 0 Å². The maximum atomic E-state index is 13.2. The number of hydrogen-bond acceptors (Lipinski definition) is 6. The van der Waals surface area contributed by atoms with Gasteiger partial charge < -0.3 is 15.0 Å². The topological polar surface area (TPSA) is 72.3 Å². The summed E-state index contributed by atoms with van der Waals surface area (Å²) in [5, 5.41) is 10.2. The molecule has 0 aliphatic carbocycles. The zero-order chi connectivity index (χ0) is 21.2. The molecule has 1 N–H and O–H groups in total. The molecule has 5 rings (SSSR count). The Balaban J connectivity index is 1.44. The number of aryl methyl sites for hydroxylation is 1. The molecule has 3 aromatic heterocycles. The first-order valence-electron chi connectivity index (χ1n) is 10.4. The van der Waals surface area contributed by atoms with Crippen molar-refractivity contribution in [1.29, 1.82) is 0 Å². The summed E-state index contributed by atoms with van der Waals surface area (Å²) in [5.74, 6) is -0.167. The standard InChI is InChI=1S/C23H23N5O2S/c1-2-28-22-19(15-24-28)18(14-20(26-22)21-4-3-13-31-21)23(29)25-16-5-7-17(8-6-16)27-9-11-30-12-10-27/h3-8,13-15H,2,9-12H2,1H3,(H,25,29). The molecular weight excluding hydrogens is 410 g/mol. The van der Waals surface area contributed by atoms with E-state index < -0.39 is 0 Å². The zero-order valence-corrected chi connectivity index (χ0v) is 18.1. The minimum atomic E-state index is -0.167. The number of fused-ring (bicyclic) bond motifs is 1. The summed E-state index contributed by atoms with van der Waals surface area (Å²) < 4.78 is 7.24. The maximum absolute atomic E-state index is 13.2. The van der Waals surface area contributed by atoms with Gasteiger partial charge in [-0.2, -0.15) is 5.10 Å². The van der Waals surface area contributed by atoms with Crippen molar-refractivity contribution in [2.45, 2.75) is 13.5 Å². The van der Waals surface area contributed by atoms with E-state index in [9.17, 15) is 4.79 Å². The Morgan fingerprint density at radius 1 is 1.19 bits per heavy atom. The first-order valence-corrected chi connectivity index (χ1v) is 11.3. The highest BCUT2D eigenvalue weighted by Gasteiger charge is 2.18. The maximum Gasteiger partial charge on any atom is 0.256 e. The molecule has 0 spiro atoms. The van der Waals surface area contributed by atoms with E-state index >= 15 is 0 Å². The SMILES string of the molecule is CCn1ncc2c(C(=O)Nc3ccc(N4CCOCC4)cc3)cc(-c3cccs3)nc21. The van der Waals surface area contributed by atoms with Gasteiger partial charge in [0.1, 0.15) is 0 Å². The molecule has 0 radical (unpaired) electrons. The van der Waals surface area contributed by atoms with Crippen LogP contribution in [0.4, 0.5) is 11.4 Å². The van der Waals surface area contributed by atoms with Crippen molar-refractivity contribution in [2.75, 3.05) is 36.5 Å². The third-order valence-corrected chi connectivity index (χ3v) is 6.32. The van der Waals surface area contributed by atoms with Crippen LogP contribution in [0.25, 0.3) is 21.6 Å². The second-order valence-electron chi connectivity index (χ2n) is 7.33. The van der Waals surface area contributed by atoms with E-state index in [0.717, 1.165) is 59.3 Å². The van der Waals surface area contributed by atoms with Crippen molar-refractivity contribution >= 4 is 39.7 Å². The molecule has 1 fully saturated rings. The van der Waals surface area contributed by atoms with Gasteiger partial charge in [0.25, 0.3) is 5.91 Å². The molecule has 31 heavy (non-hydrogen) atoms. The number of amides is 1. The molecule has 4 heterocycles. The number of benzene rings is 1. The Morgan fingerprint density at radius 3 is 2.71 bits per heavy atom. The number of rotatable bonds is 5. The molecule has 0 saturated carbocycles. The van der Waals surface area contributed by atoms with Gasteiger partial charge in [-0.25, -0.2) is 9.67 Å². The predicted octanol–water partition coefficient (Wildman–Crippen LogP) is 4.27. The third kappa shape index (κ3) is 3.92. The van der Waals surface area contributed by atoms with Gasteiger partial charge in [-0.15, -0.1) is 11.3 Å². The fraction of sp³-hybridized carbons (Fsp3) is 0.261. The number of carbonyl (C=O) groups is 1. The Labute approximate surface area is 184 Å². The van der Waals surface area contributed by atoms with Crippen molar-refractivity contribution in [2.24, 2.45) is 0 Å². The van der Waals surface area contributed by atoms with Crippen LogP contribution in [-0.4, -0.2) is 47.0 Å². The molecule has 1 aliphatic rings. The average Bonchev–Trinajstić information content (AvgIpc) is 3.49. The number of ether oxygens (including phenoxy) is 1. The van der Waals surface area contributed by atoms with Gasteiger partial charge in [0, 0.05) is 31.0 Å². The van der Waals surface area contributed by atoms with E-state index in [-0.39, 0.29) is 5.91 Å². The van der Waals surface area contributed by atoms with E-state index in [1.54, 1.807) is 17.5 Å². The molecule has 8 heteroatoms. The van der Waals surface area contributed by atoms with Crippen LogP contribution in [-0.2, 0) is 11.3 Å². The number of aromatic nitrogens is 3. The minimum Gasteiger partial charge on any atom is -0.378 e. The molecule has 0 atom stereocenters. The highest BCUT2D eigenvalue weighted by Crippen LogP contribution is 2.28. The summed E-state index contributed by atoms with van der Waals surface area (Å²) >= 11 is 1.60. The number of anilines is 2. The number of hydrogen-bond donors (Lipinski definition) is 1. The van der Waals surface area contributed by atoms with Gasteiger partial charge >= 0.3 is 0 Å². The minimum absolute atomic E-state index is 0.167.